The molecule has 4 unspecified atom stereocenters. The van der Waals surface area contributed by atoms with Gasteiger partial charge in [0.1, 0.15) is 0 Å². The molecule has 2 aliphatic carbocycles. The van der Waals surface area contributed by atoms with Crippen molar-refractivity contribution in [1.82, 2.24) is 9.55 Å². The van der Waals surface area contributed by atoms with Gasteiger partial charge in [0.05, 0.1) is 0 Å². The van der Waals surface area contributed by atoms with Crippen LogP contribution in [0.4, 0.5) is 11.6 Å². The fraction of sp³-hybridized carbons (Fsp3) is 0.500. The van der Waals surface area contributed by atoms with Crippen molar-refractivity contribution >= 4 is 11.6 Å². The normalized spacial score (nSPS) is 28.7. The lowest BCUT2D eigenvalue weighted by Gasteiger charge is -2.29. The molecule has 2 fully saturated rings. The van der Waals surface area contributed by atoms with E-state index in [9.17, 15) is 0 Å². The predicted molar refractivity (Wildman–Crippen MR) is 85.6 cm³/mol. The molecule has 3 nitrogen and oxygen atoms in total. The molecule has 0 radical (unpaired) electrons. The highest BCUT2D eigenvalue weighted by atomic mass is 15.2. The van der Waals surface area contributed by atoms with Crippen molar-refractivity contribution in [1.29, 1.82) is 0 Å². The molecule has 4 rings (SSSR count). The van der Waals surface area contributed by atoms with Gasteiger partial charge in [-0.1, -0.05) is 24.6 Å². The first kappa shape index (κ1) is 12.9. The van der Waals surface area contributed by atoms with Crippen LogP contribution in [0.2, 0.25) is 0 Å². The minimum absolute atomic E-state index is 0.536. The first-order chi connectivity index (χ1) is 10.3. The predicted octanol–water partition coefficient (Wildman–Crippen LogP) is 4.62. The van der Waals surface area contributed by atoms with Crippen LogP contribution in [0.3, 0.4) is 0 Å². The molecule has 0 spiro atoms. The highest BCUT2D eigenvalue weighted by Crippen LogP contribution is 2.52. The van der Waals surface area contributed by atoms with E-state index in [0.29, 0.717) is 6.04 Å². The molecule has 1 aromatic carbocycles. The highest BCUT2D eigenvalue weighted by molar-refractivity contribution is 5.53. The molecule has 2 bridgehead atoms. The number of rotatable bonds is 4. The Balaban J connectivity index is 1.54. The first-order valence-electron chi connectivity index (χ1n) is 8.16. The van der Waals surface area contributed by atoms with Crippen LogP contribution >= 0.6 is 0 Å². The molecule has 1 aromatic heterocycles. The Bertz CT molecular complexity index is 604. The average molecular weight is 281 g/mol. The molecule has 1 heterocycles. The van der Waals surface area contributed by atoms with Gasteiger partial charge in [-0.3, -0.25) is 0 Å². The maximum Gasteiger partial charge on any atom is 0.207 e. The molecule has 0 saturated heterocycles. The van der Waals surface area contributed by atoms with Crippen molar-refractivity contribution in [3.63, 3.8) is 0 Å². The van der Waals surface area contributed by atoms with Gasteiger partial charge in [-0.05, 0) is 56.1 Å². The molecular weight excluding hydrogens is 258 g/mol. The van der Waals surface area contributed by atoms with Gasteiger partial charge in [-0.2, -0.15) is 0 Å². The summed E-state index contributed by atoms with van der Waals surface area (Å²) in [6, 6.07) is 10.8. The lowest BCUT2D eigenvalue weighted by molar-refractivity contribution is 0.244. The molecule has 2 saturated carbocycles. The summed E-state index contributed by atoms with van der Waals surface area (Å²) in [5.41, 5.74) is 1.10. The van der Waals surface area contributed by atoms with Crippen molar-refractivity contribution in [3.8, 4) is 0 Å². The molecule has 4 atom stereocenters. The fourth-order valence-electron chi connectivity index (χ4n) is 4.48. The lowest BCUT2D eigenvalue weighted by atomic mass is 9.84. The second-order valence-corrected chi connectivity index (χ2v) is 6.73. The minimum Gasteiger partial charge on any atom is -0.326 e. The maximum atomic E-state index is 4.52. The summed E-state index contributed by atoms with van der Waals surface area (Å²) in [6.45, 7) is 2.36. The third kappa shape index (κ3) is 2.35. The largest absolute Gasteiger partial charge is 0.326 e. The van der Waals surface area contributed by atoms with Crippen LogP contribution < -0.4 is 5.32 Å². The van der Waals surface area contributed by atoms with E-state index in [2.05, 4.69) is 52.3 Å². The van der Waals surface area contributed by atoms with E-state index in [4.69, 9.17) is 0 Å². The monoisotopic (exact) mass is 281 g/mol. The Hall–Kier alpha value is -1.77. The van der Waals surface area contributed by atoms with Crippen LogP contribution in [-0.2, 0) is 0 Å². The maximum absolute atomic E-state index is 4.52. The van der Waals surface area contributed by atoms with Crippen LogP contribution in [0.5, 0.6) is 0 Å². The molecule has 0 aliphatic heterocycles. The van der Waals surface area contributed by atoms with Gasteiger partial charge in [-0.15, -0.1) is 0 Å². The van der Waals surface area contributed by atoms with Crippen LogP contribution in [-0.4, -0.2) is 9.55 Å². The number of fused-ring (bicyclic) bond motifs is 2. The van der Waals surface area contributed by atoms with Crippen molar-refractivity contribution in [2.24, 2.45) is 17.8 Å². The summed E-state index contributed by atoms with van der Waals surface area (Å²) in [5.74, 6) is 3.74. The van der Waals surface area contributed by atoms with Gasteiger partial charge in [0.2, 0.25) is 5.95 Å². The Labute approximate surface area is 126 Å². The number of nitrogens with zero attached hydrogens (tertiary/aromatic N) is 2. The third-order valence-corrected chi connectivity index (χ3v) is 5.55. The molecule has 2 aromatic rings. The zero-order valence-electron chi connectivity index (χ0n) is 12.6. The SMILES string of the molecule is CC(C1CC2CCC1C2)n1ccnc1Nc1ccccc1. The van der Waals surface area contributed by atoms with Crippen LogP contribution in [0, 0.1) is 17.8 Å². The smallest absolute Gasteiger partial charge is 0.207 e. The van der Waals surface area contributed by atoms with E-state index in [1.807, 2.05) is 12.3 Å². The van der Waals surface area contributed by atoms with Gasteiger partial charge >= 0.3 is 0 Å². The zero-order valence-corrected chi connectivity index (χ0v) is 12.6. The van der Waals surface area contributed by atoms with Crippen molar-refractivity contribution in [2.45, 2.75) is 38.6 Å². The number of nitrogens with one attached hydrogen (secondary N) is 1. The third-order valence-electron chi connectivity index (χ3n) is 5.55. The fourth-order valence-corrected chi connectivity index (χ4v) is 4.48. The van der Waals surface area contributed by atoms with Gasteiger partial charge < -0.3 is 9.88 Å². The number of anilines is 2. The number of aromatic nitrogens is 2. The summed E-state index contributed by atoms with van der Waals surface area (Å²) in [7, 11) is 0. The summed E-state index contributed by atoms with van der Waals surface area (Å²) < 4.78 is 2.33. The van der Waals surface area contributed by atoms with Crippen LogP contribution in [0.1, 0.15) is 38.6 Å². The van der Waals surface area contributed by atoms with Crippen molar-refractivity contribution < 1.29 is 0 Å². The molecule has 2 aliphatic rings. The number of benzene rings is 1. The van der Waals surface area contributed by atoms with E-state index in [1.165, 1.54) is 25.7 Å². The molecule has 0 amide bonds. The van der Waals surface area contributed by atoms with E-state index in [-0.39, 0.29) is 0 Å². The summed E-state index contributed by atoms with van der Waals surface area (Å²) in [6.07, 6.45) is 9.82. The second-order valence-electron chi connectivity index (χ2n) is 6.73. The summed E-state index contributed by atoms with van der Waals surface area (Å²) in [5, 5.41) is 3.45. The van der Waals surface area contributed by atoms with Gasteiger partial charge in [0.25, 0.3) is 0 Å². The van der Waals surface area contributed by atoms with E-state index in [0.717, 1.165) is 29.4 Å². The molecule has 3 heteroatoms. The molecule has 1 N–H and O–H groups in total. The Morgan fingerprint density at radius 3 is 2.76 bits per heavy atom. The zero-order chi connectivity index (χ0) is 14.2. The number of imidazole rings is 1. The quantitative estimate of drug-likeness (QED) is 0.886. The highest BCUT2D eigenvalue weighted by Gasteiger charge is 2.42. The van der Waals surface area contributed by atoms with Crippen molar-refractivity contribution in [3.05, 3.63) is 42.7 Å². The van der Waals surface area contributed by atoms with Gasteiger partial charge in [0.15, 0.2) is 0 Å². The Morgan fingerprint density at radius 1 is 1.19 bits per heavy atom. The molecule has 110 valence electrons. The van der Waals surface area contributed by atoms with E-state index in [1.54, 1.807) is 0 Å². The minimum atomic E-state index is 0.536. The lowest BCUT2D eigenvalue weighted by Crippen LogP contribution is -2.22. The van der Waals surface area contributed by atoms with E-state index < -0.39 is 0 Å². The second kappa shape index (κ2) is 5.21. The van der Waals surface area contributed by atoms with Gasteiger partial charge in [0, 0.05) is 24.1 Å². The Morgan fingerprint density at radius 2 is 2.05 bits per heavy atom. The van der Waals surface area contributed by atoms with E-state index >= 15 is 0 Å². The van der Waals surface area contributed by atoms with Crippen LogP contribution in [0.15, 0.2) is 42.7 Å². The Kier molecular flexibility index (Phi) is 3.21. The molecular formula is C18H23N3. The van der Waals surface area contributed by atoms with Crippen LogP contribution in [0.25, 0.3) is 0 Å². The topological polar surface area (TPSA) is 29.9 Å². The standard InChI is InChI=1S/C18H23N3/c1-13(17-12-14-7-8-15(17)11-14)21-10-9-19-18(21)20-16-5-3-2-4-6-16/h2-6,9-10,13-15,17H,7-8,11-12H2,1H3,(H,19,20). The first-order valence-corrected chi connectivity index (χ1v) is 8.16. The molecule has 21 heavy (non-hydrogen) atoms. The van der Waals surface area contributed by atoms with Gasteiger partial charge in [-0.25, -0.2) is 4.98 Å². The van der Waals surface area contributed by atoms with Crippen molar-refractivity contribution in [2.75, 3.05) is 5.32 Å². The number of para-hydroxylation sites is 1. The number of hydrogen-bond acceptors (Lipinski definition) is 2. The summed E-state index contributed by atoms with van der Waals surface area (Å²) in [4.78, 5) is 4.52. The average Bonchev–Trinajstić information content (AvgIpc) is 3.24. The number of hydrogen-bond donors (Lipinski definition) is 1. The summed E-state index contributed by atoms with van der Waals surface area (Å²) >= 11 is 0.